The number of rotatable bonds is 35. The Balaban J connectivity index is 7.09. The molecule has 0 aliphatic heterocycles. The standard InChI is InChI=1S/C59H108N10O12/c1-24-26-27-39(13)51(81-43(17)71)50(53(73)63-45(25-2)59(79)80-29-28-64(18)42(16)70)69(23)58(78)49(38(11)12)68(22)56(76)47(32-36(7)8)67(21)55(75)46(31-35(5)6)66(20)54(74)41(15)62-52(72)40(14)61-33-44(30-34(3)4)65(19)57(77)48(60)37(9)10/h24,26,34-41,44-51,61H,25,27-33,60H2,1-23H3,(H,62,72)(H,63,73). The molecule has 22 nitrogen and oxygen atoms in total. The van der Waals surface area contributed by atoms with E-state index in [9.17, 15) is 38.4 Å². The molecule has 0 heterocycles. The van der Waals surface area contributed by atoms with Crippen molar-refractivity contribution in [3.63, 3.8) is 0 Å². The van der Waals surface area contributed by atoms with Crippen LogP contribution in [0.1, 0.15) is 150 Å². The Morgan fingerprint density at radius 3 is 1.51 bits per heavy atom. The van der Waals surface area contributed by atoms with E-state index in [1.54, 1.807) is 59.7 Å². The predicted molar refractivity (Wildman–Crippen MR) is 315 cm³/mol. The zero-order valence-electron chi connectivity index (χ0n) is 53.7. The number of esters is 2. The van der Waals surface area contributed by atoms with Crippen molar-refractivity contribution in [2.45, 2.75) is 210 Å². The third-order valence-corrected chi connectivity index (χ3v) is 14.8. The summed E-state index contributed by atoms with van der Waals surface area (Å²) in [4.78, 5) is 147. The minimum Gasteiger partial charge on any atom is -0.462 e. The lowest BCUT2D eigenvalue weighted by Crippen LogP contribution is -2.63. The fourth-order valence-electron chi connectivity index (χ4n) is 9.47. The number of amides is 8. The SMILES string of the molecule is CC=CCC(C)C(OC(C)=O)C(C(=O)NC(CC)C(=O)OCCN(C)C(C)=O)N(C)C(=O)C(C(C)C)N(C)C(=O)C(CC(C)C)N(C)C(=O)C(CC(C)C)N(C)C(=O)C(C)NC(=O)C(C)NCC(CC(C)C)N(C)C(=O)C(N)C(C)C. The summed E-state index contributed by atoms with van der Waals surface area (Å²) in [5.41, 5.74) is 6.21. The molecule has 0 aliphatic rings. The molecule has 0 saturated carbocycles. The smallest absolute Gasteiger partial charge is 0.328 e. The third kappa shape index (κ3) is 24.0. The van der Waals surface area contributed by atoms with E-state index in [0.29, 0.717) is 19.4 Å². The normalized spacial score (nSPS) is 15.8. The minimum atomic E-state index is -1.52. The topological polar surface area (TPSA) is 271 Å². The summed E-state index contributed by atoms with van der Waals surface area (Å²) in [6.07, 6.45) is 3.85. The van der Waals surface area contributed by atoms with E-state index in [1.165, 1.54) is 68.6 Å². The molecule has 11 atom stereocenters. The van der Waals surface area contributed by atoms with Gasteiger partial charge < -0.3 is 60.6 Å². The molecule has 0 spiro atoms. The molecule has 0 aliphatic carbocycles. The number of allylic oxidation sites excluding steroid dienone is 2. The predicted octanol–water partition coefficient (Wildman–Crippen LogP) is 3.83. The number of carbonyl (C=O) groups is 10. The molecule has 0 saturated heterocycles. The average Bonchev–Trinajstić information content (AvgIpc) is 3.38. The maximum absolute atomic E-state index is 15.2. The van der Waals surface area contributed by atoms with Gasteiger partial charge in [-0.25, -0.2) is 4.79 Å². The lowest BCUT2D eigenvalue weighted by molar-refractivity contribution is -0.164. The molecule has 8 amide bonds. The molecule has 466 valence electrons. The van der Waals surface area contributed by atoms with Crippen LogP contribution in [0.2, 0.25) is 0 Å². The number of nitrogens with zero attached hydrogens (tertiary/aromatic N) is 6. The summed E-state index contributed by atoms with van der Waals surface area (Å²) < 4.78 is 11.3. The first kappa shape index (κ1) is 75.4. The van der Waals surface area contributed by atoms with E-state index >= 15 is 9.59 Å². The molecule has 11 unspecified atom stereocenters. The first-order chi connectivity index (χ1) is 37.4. The summed E-state index contributed by atoms with van der Waals surface area (Å²) in [5, 5.41) is 8.73. The molecule has 0 fully saturated rings. The summed E-state index contributed by atoms with van der Waals surface area (Å²) in [6.45, 7) is 30.2. The summed E-state index contributed by atoms with van der Waals surface area (Å²) >= 11 is 0. The van der Waals surface area contributed by atoms with E-state index in [1.807, 2.05) is 68.4 Å². The van der Waals surface area contributed by atoms with Crippen molar-refractivity contribution in [2.24, 2.45) is 41.2 Å². The summed E-state index contributed by atoms with van der Waals surface area (Å²) in [5.74, 6) is -6.75. The van der Waals surface area contributed by atoms with E-state index in [4.69, 9.17) is 15.2 Å². The van der Waals surface area contributed by atoms with Crippen LogP contribution >= 0.6 is 0 Å². The zero-order chi connectivity index (χ0) is 63.1. The number of likely N-dealkylation sites (N-methyl/N-ethyl adjacent to an activating group) is 6. The fraction of sp³-hybridized carbons (Fsp3) is 0.797. The van der Waals surface area contributed by atoms with Crippen molar-refractivity contribution < 1.29 is 57.4 Å². The van der Waals surface area contributed by atoms with Crippen molar-refractivity contribution in [2.75, 3.05) is 62.0 Å². The second kappa shape index (κ2) is 36.1. The van der Waals surface area contributed by atoms with Gasteiger partial charge in [-0.3, -0.25) is 43.2 Å². The van der Waals surface area contributed by atoms with Crippen LogP contribution in [0.25, 0.3) is 0 Å². The number of ether oxygens (including phenoxy) is 2. The van der Waals surface area contributed by atoms with Gasteiger partial charge in [0, 0.05) is 68.7 Å². The van der Waals surface area contributed by atoms with Crippen LogP contribution < -0.4 is 21.7 Å². The maximum atomic E-state index is 15.2. The Labute approximate surface area is 486 Å². The molecule has 22 heteroatoms. The maximum Gasteiger partial charge on any atom is 0.328 e. The van der Waals surface area contributed by atoms with Crippen LogP contribution in [0.5, 0.6) is 0 Å². The zero-order valence-corrected chi connectivity index (χ0v) is 53.7. The highest BCUT2D eigenvalue weighted by molar-refractivity contribution is 5.97. The van der Waals surface area contributed by atoms with Crippen molar-refractivity contribution in [1.29, 1.82) is 0 Å². The molecular weight excluding hydrogens is 1040 g/mol. The fourth-order valence-corrected chi connectivity index (χ4v) is 9.47. The van der Waals surface area contributed by atoms with Gasteiger partial charge in [-0.2, -0.15) is 0 Å². The Kier molecular flexibility index (Phi) is 33.5. The van der Waals surface area contributed by atoms with Crippen molar-refractivity contribution in [1.82, 2.24) is 45.3 Å². The van der Waals surface area contributed by atoms with Gasteiger partial charge in [-0.1, -0.05) is 95.2 Å². The lowest BCUT2D eigenvalue weighted by atomic mass is 9.91. The third-order valence-electron chi connectivity index (χ3n) is 14.8. The average molecular weight is 1150 g/mol. The van der Waals surface area contributed by atoms with E-state index in [2.05, 4.69) is 16.0 Å². The molecule has 0 rings (SSSR count). The van der Waals surface area contributed by atoms with Crippen LogP contribution in [-0.4, -0.2) is 211 Å². The number of nitrogens with two attached hydrogens (primary N) is 1. The highest BCUT2D eigenvalue weighted by Crippen LogP contribution is 2.26. The van der Waals surface area contributed by atoms with Crippen LogP contribution in [0, 0.1) is 35.5 Å². The van der Waals surface area contributed by atoms with Gasteiger partial charge in [0.15, 0.2) is 0 Å². The van der Waals surface area contributed by atoms with Gasteiger partial charge in [0.05, 0.1) is 18.6 Å². The number of hydrogen-bond acceptors (Lipinski definition) is 14. The monoisotopic (exact) mass is 1150 g/mol. The van der Waals surface area contributed by atoms with Crippen LogP contribution in [0.4, 0.5) is 0 Å². The molecule has 0 aromatic heterocycles. The first-order valence-corrected chi connectivity index (χ1v) is 29.0. The summed E-state index contributed by atoms with van der Waals surface area (Å²) in [7, 11) is 9.07. The Bertz CT molecular complexity index is 2100. The molecule has 0 aromatic carbocycles. The van der Waals surface area contributed by atoms with Crippen LogP contribution in [-0.2, 0) is 57.4 Å². The molecule has 0 radical (unpaired) electrons. The van der Waals surface area contributed by atoms with Crippen molar-refractivity contribution >= 4 is 59.2 Å². The molecular formula is C59H108N10O12. The van der Waals surface area contributed by atoms with Gasteiger partial charge in [0.1, 0.15) is 49.0 Å². The molecule has 0 aromatic rings. The Hall–Kier alpha value is -5.64. The number of carbonyl (C=O) groups excluding carboxylic acids is 10. The molecule has 5 N–H and O–H groups in total. The van der Waals surface area contributed by atoms with Gasteiger partial charge in [-0.15, -0.1) is 0 Å². The minimum absolute atomic E-state index is 0.0614. The van der Waals surface area contributed by atoms with E-state index in [0.717, 1.165) is 4.90 Å². The van der Waals surface area contributed by atoms with Gasteiger partial charge in [-0.05, 0) is 88.4 Å². The Morgan fingerprint density at radius 1 is 0.568 bits per heavy atom. The quantitative estimate of drug-likeness (QED) is 0.0519. The van der Waals surface area contributed by atoms with Gasteiger partial charge in [0.2, 0.25) is 47.3 Å². The lowest BCUT2D eigenvalue weighted by Gasteiger charge is -2.42. The highest BCUT2D eigenvalue weighted by atomic mass is 16.5. The molecule has 81 heavy (non-hydrogen) atoms. The first-order valence-electron chi connectivity index (χ1n) is 29.0. The van der Waals surface area contributed by atoms with Gasteiger partial charge >= 0.3 is 11.9 Å². The summed E-state index contributed by atoms with van der Waals surface area (Å²) in [6, 6.07) is -8.94. The van der Waals surface area contributed by atoms with Crippen molar-refractivity contribution in [3.05, 3.63) is 12.2 Å². The Morgan fingerprint density at radius 2 is 1.06 bits per heavy atom. The second-order valence-electron chi connectivity index (χ2n) is 24.0. The van der Waals surface area contributed by atoms with Crippen molar-refractivity contribution in [3.8, 4) is 0 Å². The second-order valence-corrected chi connectivity index (χ2v) is 24.0. The number of nitrogens with one attached hydrogen (secondary N) is 3. The van der Waals surface area contributed by atoms with Crippen LogP contribution in [0.15, 0.2) is 12.2 Å². The largest absolute Gasteiger partial charge is 0.462 e. The van der Waals surface area contributed by atoms with Gasteiger partial charge in [0.25, 0.3) is 0 Å². The van der Waals surface area contributed by atoms with E-state index < -0.39 is 114 Å². The van der Waals surface area contributed by atoms with E-state index in [-0.39, 0.29) is 73.9 Å². The number of hydrogen-bond donors (Lipinski definition) is 4. The highest BCUT2D eigenvalue weighted by Gasteiger charge is 2.46. The molecule has 0 bridgehead atoms. The van der Waals surface area contributed by atoms with Crippen LogP contribution in [0.3, 0.4) is 0 Å².